The second kappa shape index (κ2) is 5.90. The summed E-state index contributed by atoms with van der Waals surface area (Å²) in [7, 11) is 1.45. The molecule has 3 heterocycles. The summed E-state index contributed by atoms with van der Waals surface area (Å²) < 4.78 is 5.09. The SMILES string of the molecule is COC(=O)[C@H]1C[C@@H]([C@@H](C)O)CN2CCc3c([nH]c4ccccc34)[C@@H]12. The zero-order chi connectivity index (χ0) is 16.8. The third-order valence-corrected chi connectivity index (χ3v) is 5.78. The highest BCUT2D eigenvalue weighted by molar-refractivity contribution is 5.85. The number of benzene rings is 1. The second-order valence-electron chi connectivity index (χ2n) is 7.12. The Hall–Kier alpha value is -1.85. The molecule has 1 aromatic carbocycles. The molecule has 1 fully saturated rings. The Kier molecular flexibility index (Phi) is 3.85. The lowest BCUT2D eigenvalue weighted by Crippen LogP contribution is -2.51. The van der Waals surface area contributed by atoms with Gasteiger partial charge in [-0.05, 0) is 37.3 Å². The van der Waals surface area contributed by atoms with Crippen LogP contribution in [0.3, 0.4) is 0 Å². The van der Waals surface area contributed by atoms with Gasteiger partial charge in [0.2, 0.25) is 0 Å². The smallest absolute Gasteiger partial charge is 0.310 e. The van der Waals surface area contributed by atoms with E-state index in [9.17, 15) is 9.90 Å². The Bertz CT molecular complexity index is 767. The number of para-hydroxylation sites is 1. The number of hydrogen-bond donors (Lipinski definition) is 2. The van der Waals surface area contributed by atoms with Crippen molar-refractivity contribution < 1.29 is 14.6 Å². The van der Waals surface area contributed by atoms with Crippen molar-refractivity contribution in [1.82, 2.24) is 9.88 Å². The van der Waals surface area contributed by atoms with Crippen molar-refractivity contribution in [2.24, 2.45) is 11.8 Å². The van der Waals surface area contributed by atoms with Crippen LogP contribution in [0.2, 0.25) is 0 Å². The third-order valence-electron chi connectivity index (χ3n) is 5.78. The summed E-state index contributed by atoms with van der Waals surface area (Å²) in [6.07, 6.45) is 1.22. The van der Waals surface area contributed by atoms with E-state index in [-0.39, 0.29) is 23.8 Å². The van der Waals surface area contributed by atoms with Gasteiger partial charge in [0.15, 0.2) is 0 Å². The Labute approximate surface area is 141 Å². The van der Waals surface area contributed by atoms with E-state index in [4.69, 9.17) is 4.74 Å². The van der Waals surface area contributed by atoms with Gasteiger partial charge >= 0.3 is 5.97 Å². The molecule has 0 unspecified atom stereocenters. The lowest BCUT2D eigenvalue weighted by Gasteiger charge is -2.46. The predicted octanol–water partition coefficient (Wildman–Crippen LogP) is 2.26. The number of ether oxygens (including phenoxy) is 1. The molecule has 0 amide bonds. The van der Waals surface area contributed by atoms with Crippen LogP contribution in [0.25, 0.3) is 10.9 Å². The molecule has 0 aliphatic carbocycles. The molecule has 2 N–H and O–H groups in total. The van der Waals surface area contributed by atoms with E-state index in [1.54, 1.807) is 0 Å². The van der Waals surface area contributed by atoms with Gasteiger partial charge in [0.05, 0.1) is 25.2 Å². The Balaban J connectivity index is 1.80. The molecule has 2 aliphatic rings. The van der Waals surface area contributed by atoms with Crippen LogP contribution >= 0.6 is 0 Å². The van der Waals surface area contributed by atoms with Crippen LogP contribution in [-0.2, 0) is 16.0 Å². The number of rotatable bonds is 2. The van der Waals surface area contributed by atoms with Gasteiger partial charge in [-0.3, -0.25) is 9.69 Å². The van der Waals surface area contributed by atoms with Crippen LogP contribution in [0.1, 0.15) is 30.6 Å². The number of hydrogen-bond acceptors (Lipinski definition) is 4. The van der Waals surface area contributed by atoms with Crippen molar-refractivity contribution in [2.75, 3.05) is 20.2 Å². The molecule has 2 aromatic rings. The van der Waals surface area contributed by atoms with Crippen LogP contribution in [-0.4, -0.2) is 47.3 Å². The molecule has 0 spiro atoms. The van der Waals surface area contributed by atoms with Gasteiger partial charge in [-0.25, -0.2) is 0 Å². The molecule has 1 saturated heterocycles. The fourth-order valence-electron chi connectivity index (χ4n) is 4.54. The number of fused-ring (bicyclic) bond motifs is 5. The summed E-state index contributed by atoms with van der Waals surface area (Å²) in [5.41, 5.74) is 3.61. The summed E-state index contributed by atoms with van der Waals surface area (Å²) >= 11 is 0. The Morgan fingerprint density at radius 3 is 2.96 bits per heavy atom. The number of piperidine rings is 1. The first-order chi connectivity index (χ1) is 11.6. The number of nitrogens with zero attached hydrogens (tertiary/aromatic N) is 1. The number of esters is 1. The van der Waals surface area contributed by atoms with Crippen molar-refractivity contribution >= 4 is 16.9 Å². The number of carbonyl (C=O) groups excluding carboxylic acids is 1. The first kappa shape index (κ1) is 15.7. The first-order valence-corrected chi connectivity index (χ1v) is 8.69. The summed E-state index contributed by atoms with van der Waals surface area (Å²) in [6, 6.07) is 8.35. The van der Waals surface area contributed by atoms with Crippen molar-refractivity contribution in [3.63, 3.8) is 0 Å². The molecule has 4 atom stereocenters. The van der Waals surface area contributed by atoms with Crippen molar-refractivity contribution in [3.8, 4) is 0 Å². The molecular weight excluding hydrogens is 304 g/mol. The molecule has 24 heavy (non-hydrogen) atoms. The maximum absolute atomic E-state index is 12.5. The largest absolute Gasteiger partial charge is 0.469 e. The standard InChI is InChI=1S/C19H24N2O3/c1-11(22)12-9-15(19(23)24-2)18-17-14(7-8-21(18)10-12)13-5-3-4-6-16(13)20-17/h3-6,11-12,15,18,20,22H,7-10H2,1-2H3/t11-,12-,15+,18-/m1/s1. The van der Waals surface area contributed by atoms with E-state index in [1.807, 2.05) is 13.0 Å². The van der Waals surface area contributed by atoms with E-state index in [1.165, 1.54) is 18.1 Å². The van der Waals surface area contributed by atoms with Crippen molar-refractivity contribution in [3.05, 3.63) is 35.5 Å². The Morgan fingerprint density at radius 2 is 2.21 bits per heavy atom. The van der Waals surface area contributed by atoms with Gasteiger partial charge < -0.3 is 14.8 Å². The molecule has 5 heteroatoms. The molecule has 1 aromatic heterocycles. The van der Waals surface area contributed by atoms with E-state index in [0.717, 1.165) is 30.7 Å². The van der Waals surface area contributed by atoms with Gasteiger partial charge in [-0.2, -0.15) is 0 Å². The zero-order valence-corrected chi connectivity index (χ0v) is 14.2. The molecular formula is C19H24N2O3. The summed E-state index contributed by atoms with van der Waals surface area (Å²) in [5, 5.41) is 11.3. The number of carbonyl (C=O) groups is 1. The quantitative estimate of drug-likeness (QED) is 0.830. The highest BCUT2D eigenvalue weighted by Gasteiger charge is 2.45. The van der Waals surface area contributed by atoms with Crippen LogP contribution in [0.5, 0.6) is 0 Å². The monoisotopic (exact) mass is 328 g/mol. The molecule has 0 bridgehead atoms. The molecule has 0 saturated carbocycles. The average molecular weight is 328 g/mol. The second-order valence-corrected chi connectivity index (χ2v) is 7.12. The van der Waals surface area contributed by atoms with Crippen LogP contribution < -0.4 is 0 Å². The minimum atomic E-state index is -0.415. The van der Waals surface area contributed by atoms with Crippen LogP contribution in [0.4, 0.5) is 0 Å². The van der Waals surface area contributed by atoms with E-state index >= 15 is 0 Å². The number of methoxy groups -OCH3 is 1. The number of aliphatic hydroxyl groups excluding tert-OH is 1. The fourth-order valence-corrected chi connectivity index (χ4v) is 4.54. The van der Waals surface area contributed by atoms with Gasteiger partial charge in [-0.1, -0.05) is 18.2 Å². The summed E-state index contributed by atoms with van der Waals surface area (Å²) in [4.78, 5) is 18.4. The maximum atomic E-state index is 12.5. The molecule has 5 nitrogen and oxygen atoms in total. The maximum Gasteiger partial charge on any atom is 0.310 e. The summed E-state index contributed by atoms with van der Waals surface area (Å²) in [6.45, 7) is 3.55. The van der Waals surface area contributed by atoms with Gasteiger partial charge in [0.1, 0.15) is 0 Å². The lowest BCUT2D eigenvalue weighted by molar-refractivity contribution is -0.152. The van der Waals surface area contributed by atoms with Crippen LogP contribution in [0, 0.1) is 11.8 Å². The number of H-pyrrole nitrogens is 1. The normalized spacial score (nSPS) is 28.2. The number of aliphatic hydroxyl groups is 1. The van der Waals surface area contributed by atoms with Gasteiger partial charge in [0, 0.05) is 29.7 Å². The van der Waals surface area contributed by atoms with E-state index in [2.05, 4.69) is 28.1 Å². The third kappa shape index (κ3) is 2.34. The van der Waals surface area contributed by atoms with E-state index in [0.29, 0.717) is 6.42 Å². The molecule has 128 valence electrons. The van der Waals surface area contributed by atoms with Crippen LogP contribution in [0.15, 0.2) is 24.3 Å². The highest BCUT2D eigenvalue weighted by Crippen LogP contribution is 2.44. The Morgan fingerprint density at radius 1 is 1.42 bits per heavy atom. The van der Waals surface area contributed by atoms with E-state index < -0.39 is 6.10 Å². The number of aromatic amines is 1. The minimum Gasteiger partial charge on any atom is -0.469 e. The highest BCUT2D eigenvalue weighted by atomic mass is 16.5. The van der Waals surface area contributed by atoms with Crippen molar-refractivity contribution in [2.45, 2.75) is 31.9 Å². The summed E-state index contributed by atoms with van der Waals surface area (Å²) in [5.74, 6) is -0.311. The molecule has 0 radical (unpaired) electrons. The lowest BCUT2D eigenvalue weighted by atomic mass is 9.77. The predicted molar refractivity (Wildman–Crippen MR) is 91.6 cm³/mol. The van der Waals surface area contributed by atoms with Crippen molar-refractivity contribution in [1.29, 1.82) is 0 Å². The fraction of sp³-hybridized carbons (Fsp3) is 0.526. The van der Waals surface area contributed by atoms with Gasteiger partial charge in [-0.15, -0.1) is 0 Å². The molecule has 2 aliphatic heterocycles. The minimum absolute atomic E-state index is 0.0172. The topological polar surface area (TPSA) is 65.6 Å². The average Bonchev–Trinajstić information content (AvgIpc) is 2.98. The zero-order valence-electron chi connectivity index (χ0n) is 14.2. The number of nitrogens with one attached hydrogen (secondary N) is 1. The van der Waals surface area contributed by atoms with Gasteiger partial charge in [0.25, 0.3) is 0 Å². The number of aromatic nitrogens is 1. The molecule has 4 rings (SSSR count). The first-order valence-electron chi connectivity index (χ1n) is 8.69.